The highest BCUT2D eigenvalue weighted by atomic mass is 28.4. The zero-order valence-corrected chi connectivity index (χ0v) is 12.7. The average molecular weight is 251 g/mol. The Morgan fingerprint density at radius 1 is 1.18 bits per heavy atom. The van der Waals surface area contributed by atoms with Crippen molar-refractivity contribution in [2.24, 2.45) is 5.73 Å². The lowest BCUT2D eigenvalue weighted by atomic mass is 10.1. The van der Waals surface area contributed by atoms with E-state index in [4.69, 9.17) is 10.2 Å². The summed E-state index contributed by atoms with van der Waals surface area (Å²) in [5.74, 6) is 0. The van der Waals surface area contributed by atoms with Crippen LogP contribution in [0.5, 0.6) is 0 Å². The molecule has 0 saturated carbocycles. The molecule has 1 rings (SSSR count). The van der Waals surface area contributed by atoms with E-state index in [1.54, 1.807) is 0 Å². The molecule has 3 heteroatoms. The van der Waals surface area contributed by atoms with Gasteiger partial charge in [-0.05, 0) is 23.7 Å². The van der Waals surface area contributed by atoms with Crippen LogP contribution in [0.1, 0.15) is 26.3 Å². The molecular formula is C14H25NOSi. The van der Waals surface area contributed by atoms with Gasteiger partial charge in [0.25, 0.3) is 0 Å². The van der Waals surface area contributed by atoms with E-state index in [0.29, 0.717) is 0 Å². The maximum atomic E-state index is 6.12. The van der Waals surface area contributed by atoms with Gasteiger partial charge in [-0.15, -0.1) is 0 Å². The van der Waals surface area contributed by atoms with Gasteiger partial charge in [0.2, 0.25) is 0 Å². The third kappa shape index (κ3) is 4.26. The molecular weight excluding hydrogens is 226 g/mol. The number of rotatable bonds is 4. The van der Waals surface area contributed by atoms with Crippen molar-refractivity contribution >= 4 is 8.32 Å². The Hall–Kier alpha value is -0.643. The number of benzene rings is 1. The van der Waals surface area contributed by atoms with Crippen LogP contribution in [0, 0.1) is 0 Å². The Balaban J connectivity index is 2.59. The van der Waals surface area contributed by atoms with E-state index in [9.17, 15) is 0 Å². The summed E-state index contributed by atoms with van der Waals surface area (Å²) in [5.41, 5.74) is 7.34. The molecule has 0 unspecified atom stereocenters. The van der Waals surface area contributed by atoms with Gasteiger partial charge in [-0.2, -0.15) is 0 Å². The van der Waals surface area contributed by atoms with Gasteiger partial charge in [0.1, 0.15) is 0 Å². The van der Waals surface area contributed by atoms with E-state index in [1.807, 2.05) is 18.2 Å². The van der Waals surface area contributed by atoms with Crippen LogP contribution in [0.25, 0.3) is 0 Å². The van der Waals surface area contributed by atoms with Gasteiger partial charge in [0.05, 0.1) is 6.23 Å². The van der Waals surface area contributed by atoms with Gasteiger partial charge in [-0.25, -0.2) is 0 Å². The Kier molecular flexibility index (Phi) is 4.53. The second-order valence-corrected chi connectivity index (χ2v) is 10.9. The van der Waals surface area contributed by atoms with Crippen LogP contribution in [-0.4, -0.2) is 14.5 Å². The summed E-state index contributed by atoms with van der Waals surface area (Å²) in [6.07, 6.45) is 0.589. The Labute approximate surface area is 106 Å². The van der Waals surface area contributed by atoms with Crippen LogP contribution in [0.2, 0.25) is 18.1 Å². The first-order chi connectivity index (χ1) is 7.72. The van der Waals surface area contributed by atoms with Crippen molar-refractivity contribution in [3.05, 3.63) is 35.9 Å². The number of nitrogens with two attached hydrogens (primary N) is 1. The highest BCUT2D eigenvalue weighted by Gasteiger charge is 2.38. The van der Waals surface area contributed by atoms with Crippen molar-refractivity contribution in [3.63, 3.8) is 0 Å². The van der Waals surface area contributed by atoms with Crippen molar-refractivity contribution in [2.75, 3.05) is 0 Å². The summed E-state index contributed by atoms with van der Waals surface area (Å²) in [5, 5.41) is 0.210. The third-order valence-electron chi connectivity index (χ3n) is 3.53. The molecule has 0 bridgehead atoms. The van der Waals surface area contributed by atoms with Crippen molar-refractivity contribution in [1.82, 2.24) is 0 Å². The van der Waals surface area contributed by atoms with Crippen LogP contribution >= 0.6 is 0 Å². The van der Waals surface area contributed by atoms with Gasteiger partial charge in [0, 0.05) is 6.42 Å². The van der Waals surface area contributed by atoms with Crippen molar-refractivity contribution in [1.29, 1.82) is 0 Å². The maximum Gasteiger partial charge on any atom is 0.194 e. The molecule has 1 atom stereocenters. The van der Waals surface area contributed by atoms with Crippen LogP contribution in [-0.2, 0) is 10.8 Å². The molecule has 0 spiro atoms. The minimum Gasteiger partial charge on any atom is -0.402 e. The molecule has 0 fully saturated rings. The van der Waals surface area contributed by atoms with Gasteiger partial charge in [0.15, 0.2) is 8.32 Å². The summed E-state index contributed by atoms with van der Waals surface area (Å²) in [4.78, 5) is 0. The fourth-order valence-electron chi connectivity index (χ4n) is 1.44. The molecule has 1 aromatic carbocycles. The first-order valence-corrected chi connectivity index (χ1v) is 9.10. The molecule has 2 nitrogen and oxygen atoms in total. The molecule has 0 aliphatic heterocycles. The quantitative estimate of drug-likeness (QED) is 0.656. The first-order valence-electron chi connectivity index (χ1n) is 6.20. The first kappa shape index (κ1) is 14.4. The average Bonchev–Trinajstić information content (AvgIpc) is 2.16. The minimum atomic E-state index is -1.75. The van der Waals surface area contributed by atoms with E-state index >= 15 is 0 Å². The van der Waals surface area contributed by atoms with Gasteiger partial charge < -0.3 is 10.2 Å². The summed E-state index contributed by atoms with van der Waals surface area (Å²) < 4.78 is 6.12. The summed E-state index contributed by atoms with van der Waals surface area (Å²) >= 11 is 0. The van der Waals surface area contributed by atoms with Crippen molar-refractivity contribution in [3.8, 4) is 0 Å². The zero-order valence-electron chi connectivity index (χ0n) is 11.7. The molecule has 0 heterocycles. The number of hydrogen-bond donors (Lipinski definition) is 1. The van der Waals surface area contributed by atoms with E-state index in [-0.39, 0.29) is 11.3 Å². The van der Waals surface area contributed by atoms with Gasteiger partial charge in [-0.1, -0.05) is 51.1 Å². The van der Waals surface area contributed by atoms with Crippen LogP contribution in [0.4, 0.5) is 0 Å². The molecule has 0 aliphatic carbocycles. The molecule has 0 aliphatic rings. The van der Waals surface area contributed by atoms with E-state index in [2.05, 4.69) is 46.0 Å². The maximum absolute atomic E-state index is 6.12. The molecule has 96 valence electrons. The highest BCUT2D eigenvalue weighted by Crippen LogP contribution is 2.37. The smallest absolute Gasteiger partial charge is 0.194 e. The fraction of sp³-hybridized carbons (Fsp3) is 0.571. The van der Waals surface area contributed by atoms with Crippen LogP contribution in [0.15, 0.2) is 30.3 Å². The van der Waals surface area contributed by atoms with Crippen molar-refractivity contribution in [2.45, 2.75) is 51.6 Å². The second kappa shape index (κ2) is 5.34. The predicted octanol–water partition coefficient (Wildman–Crippen LogP) is 3.54. The normalized spacial score (nSPS) is 14.7. The fourth-order valence-corrected chi connectivity index (χ4v) is 2.64. The van der Waals surface area contributed by atoms with E-state index in [1.165, 1.54) is 5.56 Å². The zero-order chi connectivity index (χ0) is 13.1. The Bertz CT molecular complexity index is 343. The molecule has 0 saturated heterocycles. The number of hydrogen-bond acceptors (Lipinski definition) is 2. The Morgan fingerprint density at radius 3 is 2.18 bits per heavy atom. The third-order valence-corrected chi connectivity index (χ3v) is 8.04. The van der Waals surface area contributed by atoms with Gasteiger partial charge in [-0.3, -0.25) is 0 Å². The highest BCUT2D eigenvalue weighted by molar-refractivity contribution is 6.74. The predicted molar refractivity (Wildman–Crippen MR) is 76.4 cm³/mol. The summed E-state index contributed by atoms with van der Waals surface area (Å²) in [6.45, 7) is 11.2. The SMILES string of the molecule is CC(C)(C)[Si](C)(C)O[C@H](N)Cc1ccccc1. The topological polar surface area (TPSA) is 35.2 Å². The Morgan fingerprint density at radius 2 is 1.71 bits per heavy atom. The molecule has 0 amide bonds. The molecule has 17 heavy (non-hydrogen) atoms. The summed E-state index contributed by atoms with van der Waals surface area (Å²) in [6, 6.07) is 10.3. The van der Waals surface area contributed by atoms with Crippen LogP contribution < -0.4 is 5.73 Å². The minimum absolute atomic E-state index is 0.196. The largest absolute Gasteiger partial charge is 0.402 e. The second-order valence-electron chi connectivity index (χ2n) is 6.11. The summed E-state index contributed by atoms with van der Waals surface area (Å²) in [7, 11) is -1.75. The monoisotopic (exact) mass is 251 g/mol. The van der Waals surface area contributed by atoms with Crippen molar-refractivity contribution < 1.29 is 4.43 Å². The lowest BCUT2D eigenvalue weighted by Crippen LogP contribution is -2.47. The molecule has 1 aromatic rings. The van der Waals surface area contributed by atoms with Gasteiger partial charge >= 0.3 is 0 Å². The van der Waals surface area contributed by atoms with E-state index < -0.39 is 8.32 Å². The standard InChI is InChI=1S/C14H25NOSi/c1-14(2,3)17(4,5)16-13(15)11-12-9-7-6-8-10-12/h6-10,13H,11,15H2,1-5H3/t13-/m0/s1. The van der Waals surface area contributed by atoms with Crippen LogP contribution in [0.3, 0.4) is 0 Å². The lowest BCUT2D eigenvalue weighted by Gasteiger charge is -2.38. The molecule has 2 N–H and O–H groups in total. The lowest BCUT2D eigenvalue weighted by molar-refractivity contribution is 0.188. The molecule has 0 aromatic heterocycles. The molecule has 0 radical (unpaired) electrons. The van der Waals surface area contributed by atoms with E-state index in [0.717, 1.165) is 6.42 Å².